The molecule has 0 unspecified atom stereocenters. The summed E-state index contributed by atoms with van der Waals surface area (Å²) in [4.78, 5) is 2.07. The maximum Gasteiger partial charge on any atom is 0.137 e. The lowest BCUT2D eigenvalue weighted by molar-refractivity contribution is 0.173. The Labute approximate surface area is 99.5 Å². The van der Waals surface area contributed by atoms with Crippen LogP contribution >= 0.6 is 15.9 Å². The Morgan fingerprint density at radius 3 is 2.60 bits per heavy atom. The van der Waals surface area contributed by atoms with Crippen molar-refractivity contribution in [2.24, 2.45) is 5.73 Å². The molecule has 0 radical (unpaired) electrons. The molecule has 0 saturated carbocycles. The zero-order valence-electron chi connectivity index (χ0n) is 9.52. The van der Waals surface area contributed by atoms with Gasteiger partial charge in [-0.1, -0.05) is 0 Å². The summed E-state index contributed by atoms with van der Waals surface area (Å²) in [6.45, 7) is 8.69. The van der Waals surface area contributed by atoms with E-state index in [4.69, 9.17) is 11.1 Å². The minimum Gasteiger partial charge on any atom is -0.401 e. The van der Waals surface area contributed by atoms with Crippen molar-refractivity contribution in [2.45, 2.75) is 26.3 Å². The van der Waals surface area contributed by atoms with E-state index >= 15 is 0 Å². The number of nitrogens with zero attached hydrogens (tertiary/aromatic N) is 1. The quantitative estimate of drug-likeness (QED) is 0.498. The van der Waals surface area contributed by atoms with Crippen molar-refractivity contribution in [3.05, 3.63) is 10.2 Å². The van der Waals surface area contributed by atoms with Gasteiger partial charge in [0.25, 0.3) is 0 Å². The number of nitrogens with one attached hydrogen (secondary N) is 2. The van der Waals surface area contributed by atoms with Crippen LogP contribution in [0.3, 0.4) is 0 Å². The molecule has 15 heavy (non-hydrogen) atoms. The molecular formula is C10H19BrN4. The predicted octanol–water partition coefficient (Wildman–Crippen LogP) is 1.23. The number of allylic oxidation sites excluding steroid dienone is 1. The second-order valence-electron chi connectivity index (χ2n) is 4.49. The highest BCUT2D eigenvalue weighted by Crippen LogP contribution is 2.22. The summed E-state index contributed by atoms with van der Waals surface area (Å²) in [5, 5.41) is 11.4. The standard InChI is InChI=1S/C10H19BrN4/c1-7(12)8(11)9(13)15-5-4-14-6-10(15,2)3/h13-14H,4-6,12H2,1-3H3/b8-7+,13-9?. The van der Waals surface area contributed by atoms with E-state index in [0.717, 1.165) is 19.6 Å². The normalized spacial score (nSPS) is 22.3. The van der Waals surface area contributed by atoms with Crippen LogP contribution in [0.4, 0.5) is 0 Å². The van der Waals surface area contributed by atoms with Gasteiger partial charge in [0.1, 0.15) is 5.84 Å². The van der Waals surface area contributed by atoms with Crippen molar-refractivity contribution in [3.8, 4) is 0 Å². The zero-order chi connectivity index (χ0) is 11.6. The Balaban J connectivity index is 2.87. The minimum absolute atomic E-state index is 0.0379. The van der Waals surface area contributed by atoms with Crippen LogP contribution in [0, 0.1) is 5.41 Å². The number of nitrogens with two attached hydrogens (primary N) is 1. The topological polar surface area (TPSA) is 65.1 Å². The zero-order valence-corrected chi connectivity index (χ0v) is 11.1. The number of hydrogen-bond acceptors (Lipinski definition) is 3. The first-order valence-electron chi connectivity index (χ1n) is 5.05. The molecule has 1 aliphatic rings. The van der Waals surface area contributed by atoms with Crippen LogP contribution in [-0.4, -0.2) is 35.9 Å². The molecular weight excluding hydrogens is 256 g/mol. The molecule has 1 aliphatic heterocycles. The first-order chi connectivity index (χ1) is 6.86. The smallest absolute Gasteiger partial charge is 0.137 e. The molecule has 0 bridgehead atoms. The fraction of sp³-hybridized carbons (Fsp3) is 0.700. The average Bonchev–Trinajstić information content (AvgIpc) is 2.15. The van der Waals surface area contributed by atoms with Crippen molar-refractivity contribution in [1.29, 1.82) is 5.41 Å². The SMILES string of the molecule is C/C(N)=C(\Br)C(=N)N1CCNCC1(C)C. The molecule has 0 amide bonds. The summed E-state index contributed by atoms with van der Waals surface area (Å²) in [7, 11) is 0. The Bertz CT molecular complexity index is 292. The van der Waals surface area contributed by atoms with Gasteiger partial charge in [0, 0.05) is 30.9 Å². The first-order valence-corrected chi connectivity index (χ1v) is 5.84. The second kappa shape index (κ2) is 4.53. The van der Waals surface area contributed by atoms with E-state index in [1.165, 1.54) is 0 Å². The van der Waals surface area contributed by atoms with Gasteiger partial charge in [-0.2, -0.15) is 0 Å². The lowest BCUT2D eigenvalue weighted by atomic mass is 10.00. The number of halogens is 1. The van der Waals surface area contributed by atoms with Gasteiger partial charge in [-0.05, 0) is 36.7 Å². The molecule has 1 rings (SSSR count). The number of rotatable bonds is 1. The van der Waals surface area contributed by atoms with Crippen molar-refractivity contribution in [3.63, 3.8) is 0 Å². The highest BCUT2D eigenvalue weighted by Gasteiger charge is 2.32. The summed E-state index contributed by atoms with van der Waals surface area (Å²) < 4.78 is 0.692. The maximum absolute atomic E-state index is 8.09. The summed E-state index contributed by atoms with van der Waals surface area (Å²) in [6, 6.07) is 0. The summed E-state index contributed by atoms with van der Waals surface area (Å²) >= 11 is 3.36. The van der Waals surface area contributed by atoms with Gasteiger partial charge in [-0.3, -0.25) is 5.41 Å². The molecule has 1 saturated heterocycles. The largest absolute Gasteiger partial charge is 0.401 e. The summed E-state index contributed by atoms with van der Waals surface area (Å²) in [5.74, 6) is 0.474. The third-order valence-corrected chi connectivity index (χ3v) is 3.63. The van der Waals surface area contributed by atoms with Gasteiger partial charge in [0.2, 0.25) is 0 Å². The van der Waals surface area contributed by atoms with Crippen LogP contribution in [0.15, 0.2) is 10.2 Å². The molecule has 0 aromatic rings. The van der Waals surface area contributed by atoms with E-state index < -0.39 is 0 Å². The van der Waals surface area contributed by atoms with Crippen molar-refractivity contribution in [2.75, 3.05) is 19.6 Å². The molecule has 4 N–H and O–H groups in total. The minimum atomic E-state index is -0.0379. The molecule has 1 fully saturated rings. The van der Waals surface area contributed by atoms with E-state index in [2.05, 4.69) is 40.0 Å². The molecule has 0 aromatic carbocycles. The van der Waals surface area contributed by atoms with Crippen LogP contribution < -0.4 is 11.1 Å². The van der Waals surface area contributed by atoms with Gasteiger partial charge >= 0.3 is 0 Å². The molecule has 4 nitrogen and oxygen atoms in total. The second-order valence-corrected chi connectivity index (χ2v) is 5.28. The lowest BCUT2D eigenvalue weighted by Gasteiger charge is -2.44. The van der Waals surface area contributed by atoms with E-state index in [0.29, 0.717) is 16.0 Å². The Morgan fingerprint density at radius 2 is 2.13 bits per heavy atom. The van der Waals surface area contributed by atoms with Gasteiger partial charge < -0.3 is 16.0 Å². The van der Waals surface area contributed by atoms with E-state index in [9.17, 15) is 0 Å². The third kappa shape index (κ3) is 2.72. The van der Waals surface area contributed by atoms with E-state index in [-0.39, 0.29) is 5.54 Å². The highest BCUT2D eigenvalue weighted by molar-refractivity contribution is 9.12. The van der Waals surface area contributed by atoms with Gasteiger partial charge in [0.15, 0.2) is 0 Å². The Morgan fingerprint density at radius 1 is 1.53 bits per heavy atom. The van der Waals surface area contributed by atoms with Crippen LogP contribution in [0.2, 0.25) is 0 Å². The molecule has 0 aliphatic carbocycles. The molecule has 0 aromatic heterocycles. The van der Waals surface area contributed by atoms with Crippen LogP contribution in [-0.2, 0) is 0 Å². The number of amidine groups is 1. The first kappa shape index (κ1) is 12.5. The fourth-order valence-electron chi connectivity index (χ4n) is 1.70. The highest BCUT2D eigenvalue weighted by atomic mass is 79.9. The molecule has 0 spiro atoms. The lowest BCUT2D eigenvalue weighted by Crippen LogP contribution is -2.59. The molecule has 5 heteroatoms. The monoisotopic (exact) mass is 274 g/mol. The van der Waals surface area contributed by atoms with E-state index in [1.807, 2.05) is 0 Å². The molecule has 86 valence electrons. The van der Waals surface area contributed by atoms with Crippen molar-refractivity contribution < 1.29 is 0 Å². The average molecular weight is 275 g/mol. The molecule has 1 heterocycles. The number of hydrogen-bond donors (Lipinski definition) is 3. The van der Waals surface area contributed by atoms with Crippen LogP contribution in [0.25, 0.3) is 0 Å². The van der Waals surface area contributed by atoms with Gasteiger partial charge in [-0.15, -0.1) is 0 Å². The van der Waals surface area contributed by atoms with Crippen molar-refractivity contribution >= 4 is 21.8 Å². The Hall–Kier alpha value is -0.550. The summed E-state index contributed by atoms with van der Waals surface area (Å²) in [5.41, 5.74) is 6.29. The van der Waals surface area contributed by atoms with Crippen molar-refractivity contribution in [1.82, 2.24) is 10.2 Å². The van der Waals surface area contributed by atoms with Gasteiger partial charge in [0.05, 0.1) is 4.48 Å². The van der Waals surface area contributed by atoms with Crippen LogP contribution in [0.1, 0.15) is 20.8 Å². The third-order valence-electron chi connectivity index (χ3n) is 2.62. The fourth-order valence-corrected chi connectivity index (χ4v) is 1.92. The maximum atomic E-state index is 8.09. The van der Waals surface area contributed by atoms with Gasteiger partial charge in [-0.25, -0.2) is 0 Å². The summed E-state index contributed by atoms with van der Waals surface area (Å²) in [6.07, 6.45) is 0. The predicted molar refractivity (Wildman–Crippen MR) is 67.2 cm³/mol. The van der Waals surface area contributed by atoms with Crippen LogP contribution in [0.5, 0.6) is 0 Å². The van der Waals surface area contributed by atoms with E-state index in [1.54, 1.807) is 6.92 Å². The molecule has 0 atom stereocenters. The Kier molecular flexibility index (Phi) is 3.78. The number of piperazine rings is 1.